The molecule has 0 unspecified atom stereocenters. The van der Waals surface area contributed by atoms with Crippen molar-refractivity contribution in [3.05, 3.63) is 29.6 Å². The number of hydrogen-bond donors (Lipinski definition) is 1. The van der Waals surface area contributed by atoms with Crippen molar-refractivity contribution in [2.24, 2.45) is 0 Å². The minimum Gasteiger partial charge on any atom is -0.477 e. The van der Waals surface area contributed by atoms with Crippen LogP contribution >= 0.6 is 0 Å². The molecule has 0 aromatic carbocycles. The van der Waals surface area contributed by atoms with Crippen LogP contribution < -0.4 is 0 Å². The maximum atomic E-state index is 10.6. The number of carboxylic acids is 1. The third-order valence-corrected chi connectivity index (χ3v) is 2.21. The molecule has 0 bridgehead atoms. The average molecular weight is 218 g/mol. The second-order valence-electron chi connectivity index (χ2n) is 3.51. The summed E-state index contributed by atoms with van der Waals surface area (Å²) < 4.78 is 1.99. The Hall–Kier alpha value is -2.02. The summed E-state index contributed by atoms with van der Waals surface area (Å²) in [5.41, 5.74) is 0.503. The summed E-state index contributed by atoms with van der Waals surface area (Å²) >= 11 is 0. The Kier molecular flexibility index (Phi) is 4.34. The topological polar surface area (TPSA) is 66.0 Å². The first-order chi connectivity index (χ1) is 7.67. The van der Waals surface area contributed by atoms with Crippen molar-refractivity contribution in [1.82, 2.24) is 4.57 Å². The summed E-state index contributed by atoms with van der Waals surface area (Å²) in [4.78, 5) is 10.6. The molecule has 0 aliphatic heterocycles. The van der Waals surface area contributed by atoms with Gasteiger partial charge in [0, 0.05) is 18.9 Å². The van der Waals surface area contributed by atoms with Gasteiger partial charge in [-0.15, -0.1) is 0 Å². The quantitative estimate of drug-likeness (QED) is 0.609. The minimum absolute atomic E-state index is 0.242. The standard InChI is InChI=1S/C12H14N2O2/c1-2-3-5-14-6-4-10(9-14)7-11(8-13)12(15)16/h4,6-7,9H,2-3,5H2,1H3,(H,15,16)/b11-7+. The number of aryl methyl sites for hydroxylation is 1. The van der Waals surface area contributed by atoms with Crippen molar-refractivity contribution >= 4 is 12.0 Å². The molecule has 16 heavy (non-hydrogen) atoms. The number of aliphatic carboxylic acids is 1. The van der Waals surface area contributed by atoms with Gasteiger partial charge in [-0.3, -0.25) is 0 Å². The van der Waals surface area contributed by atoms with Crippen LogP contribution in [0.1, 0.15) is 25.3 Å². The van der Waals surface area contributed by atoms with Gasteiger partial charge in [0.15, 0.2) is 0 Å². The lowest BCUT2D eigenvalue weighted by Gasteiger charge is -1.98. The van der Waals surface area contributed by atoms with Crippen LogP contribution in [0.4, 0.5) is 0 Å². The van der Waals surface area contributed by atoms with Gasteiger partial charge < -0.3 is 9.67 Å². The number of nitriles is 1. The third kappa shape index (κ3) is 3.28. The highest BCUT2D eigenvalue weighted by Gasteiger charge is 2.05. The Morgan fingerprint density at radius 3 is 3.00 bits per heavy atom. The molecular formula is C12H14N2O2. The molecule has 1 rings (SSSR count). The Balaban J connectivity index is 2.78. The van der Waals surface area contributed by atoms with Crippen molar-refractivity contribution in [3.8, 4) is 6.07 Å². The molecule has 0 saturated heterocycles. The van der Waals surface area contributed by atoms with E-state index < -0.39 is 5.97 Å². The van der Waals surface area contributed by atoms with Gasteiger partial charge in [0.05, 0.1) is 0 Å². The summed E-state index contributed by atoms with van der Waals surface area (Å²) in [6.07, 6.45) is 7.31. The predicted octanol–water partition coefficient (Wildman–Crippen LogP) is 2.28. The normalized spacial score (nSPS) is 11.1. The van der Waals surface area contributed by atoms with Crippen molar-refractivity contribution in [3.63, 3.8) is 0 Å². The second-order valence-corrected chi connectivity index (χ2v) is 3.51. The zero-order chi connectivity index (χ0) is 12.0. The summed E-state index contributed by atoms with van der Waals surface area (Å²) in [5.74, 6) is -1.19. The fraction of sp³-hybridized carbons (Fsp3) is 0.333. The van der Waals surface area contributed by atoms with E-state index in [2.05, 4.69) is 6.92 Å². The number of carbonyl (C=O) groups is 1. The second kappa shape index (κ2) is 5.76. The van der Waals surface area contributed by atoms with Gasteiger partial charge in [-0.1, -0.05) is 13.3 Å². The molecule has 1 aromatic rings. The van der Waals surface area contributed by atoms with E-state index >= 15 is 0 Å². The Labute approximate surface area is 94.4 Å². The lowest BCUT2D eigenvalue weighted by molar-refractivity contribution is -0.132. The van der Waals surface area contributed by atoms with E-state index in [-0.39, 0.29) is 5.57 Å². The van der Waals surface area contributed by atoms with Crippen LogP contribution in [-0.2, 0) is 11.3 Å². The first-order valence-corrected chi connectivity index (χ1v) is 5.18. The molecule has 0 saturated carbocycles. The average Bonchev–Trinajstić information content (AvgIpc) is 2.70. The molecule has 1 heterocycles. The fourth-order valence-corrected chi connectivity index (χ4v) is 1.33. The zero-order valence-electron chi connectivity index (χ0n) is 9.18. The van der Waals surface area contributed by atoms with Crippen LogP contribution in [-0.4, -0.2) is 15.6 Å². The highest BCUT2D eigenvalue weighted by molar-refractivity contribution is 5.96. The van der Waals surface area contributed by atoms with Crippen molar-refractivity contribution < 1.29 is 9.90 Å². The SMILES string of the molecule is CCCCn1ccc(/C=C(\C#N)C(=O)O)c1. The van der Waals surface area contributed by atoms with Crippen LogP contribution in [0.3, 0.4) is 0 Å². The summed E-state index contributed by atoms with van der Waals surface area (Å²) in [6, 6.07) is 3.46. The molecule has 0 aliphatic rings. The zero-order valence-corrected chi connectivity index (χ0v) is 9.18. The minimum atomic E-state index is -1.19. The maximum Gasteiger partial charge on any atom is 0.346 e. The highest BCUT2D eigenvalue weighted by Crippen LogP contribution is 2.08. The van der Waals surface area contributed by atoms with Gasteiger partial charge in [-0.05, 0) is 24.1 Å². The van der Waals surface area contributed by atoms with E-state index in [4.69, 9.17) is 10.4 Å². The molecule has 0 radical (unpaired) electrons. The molecular weight excluding hydrogens is 204 g/mol. The van der Waals surface area contributed by atoms with Gasteiger partial charge >= 0.3 is 5.97 Å². The molecule has 0 atom stereocenters. The number of unbranched alkanes of at least 4 members (excludes halogenated alkanes) is 1. The van der Waals surface area contributed by atoms with Gasteiger partial charge in [0.1, 0.15) is 11.6 Å². The largest absolute Gasteiger partial charge is 0.477 e. The first kappa shape index (κ1) is 12.1. The van der Waals surface area contributed by atoms with E-state index in [0.29, 0.717) is 0 Å². The van der Waals surface area contributed by atoms with Crippen LogP contribution in [0.15, 0.2) is 24.0 Å². The van der Waals surface area contributed by atoms with E-state index in [1.54, 1.807) is 12.1 Å². The lowest BCUT2D eigenvalue weighted by Crippen LogP contribution is -1.97. The van der Waals surface area contributed by atoms with E-state index in [9.17, 15) is 4.79 Å². The first-order valence-electron chi connectivity index (χ1n) is 5.18. The molecule has 4 nitrogen and oxygen atoms in total. The molecule has 4 heteroatoms. The van der Waals surface area contributed by atoms with E-state index in [1.165, 1.54) is 6.08 Å². The van der Waals surface area contributed by atoms with Crippen LogP contribution in [0.25, 0.3) is 6.08 Å². The highest BCUT2D eigenvalue weighted by atomic mass is 16.4. The number of nitrogens with zero attached hydrogens (tertiary/aromatic N) is 2. The van der Waals surface area contributed by atoms with Gasteiger partial charge in [-0.25, -0.2) is 4.79 Å². The molecule has 0 aliphatic carbocycles. The summed E-state index contributed by atoms with van der Waals surface area (Å²) in [7, 11) is 0. The lowest BCUT2D eigenvalue weighted by atomic mass is 10.2. The molecule has 1 N–H and O–H groups in total. The number of hydrogen-bond acceptors (Lipinski definition) is 2. The van der Waals surface area contributed by atoms with Crippen molar-refractivity contribution in [2.75, 3.05) is 0 Å². The number of aromatic nitrogens is 1. The Bertz CT molecular complexity index is 438. The van der Waals surface area contributed by atoms with E-state index in [1.807, 2.05) is 17.0 Å². The Morgan fingerprint density at radius 2 is 2.44 bits per heavy atom. The fourth-order valence-electron chi connectivity index (χ4n) is 1.33. The van der Waals surface area contributed by atoms with Gasteiger partial charge in [0.2, 0.25) is 0 Å². The molecule has 1 aromatic heterocycles. The van der Waals surface area contributed by atoms with Crippen LogP contribution in [0, 0.1) is 11.3 Å². The smallest absolute Gasteiger partial charge is 0.346 e. The van der Waals surface area contributed by atoms with E-state index in [0.717, 1.165) is 24.9 Å². The third-order valence-electron chi connectivity index (χ3n) is 2.21. The van der Waals surface area contributed by atoms with Crippen molar-refractivity contribution in [1.29, 1.82) is 5.26 Å². The van der Waals surface area contributed by atoms with Crippen molar-refractivity contribution in [2.45, 2.75) is 26.3 Å². The molecule has 0 amide bonds. The molecule has 84 valence electrons. The van der Waals surface area contributed by atoms with Crippen LogP contribution in [0.2, 0.25) is 0 Å². The number of rotatable bonds is 5. The van der Waals surface area contributed by atoms with Gasteiger partial charge in [0.25, 0.3) is 0 Å². The monoisotopic (exact) mass is 218 g/mol. The van der Waals surface area contributed by atoms with Crippen LogP contribution in [0.5, 0.6) is 0 Å². The summed E-state index contributed by atoms with van der Waals surface area (Å²) in [6.45, 7) is 3.03. The molecule has 0 fully saturated rings. The summed E-state index contributed by atoms with van der Waals surface area (Å²) in [5, 5.41) is 17.3. The predicted molar refractivity (Wildman–Crippen MR) is 60.6 cm³/mol. The number of carboxylic acid groups (broad SMARTS) is 1. The Morgan fingerprint density at radius 1 is 1.69 bits per heavy atom. The van der Waals surface area contributed by atoms with Gasteiger partial charge in [-0.2, -0.15) is 5.26 Å². The maximum absolute atomic E-state index is 10.6. The molecule has 0 spiro atoms.